The van der Waals surface area contributed by atoms with Gasteiger partial charge in [-0.1, -0.05) is 18.5 Å². The second-order valence-corrected chi connectivity index (χ2v) is 8.06. The monoisotopic (exact) mass is 422 g/mol. The second-order valence-electron chi connectivity index (χ2n) is 7.62. The van der Waals surface area contributed by atoms with Gasteiger partial charge in [-0.25, -0.2) is 14.8 Å². The molecule has 11 heteroatoms. The maximum Gasteiger partial charge on any atom is 0.338 e. The molecule has 29 heavy (non-hydrogen) atoms. The van der Waals surface area contributed by atoms with Crippen molar-refractivity contribution in [3.05, 3.63) is 34.3 Å². The lowest BCUT2D eigenvalue weighted by molar-refractivity contribution is -0.170. The van der Waals surface area contributed by atoms with Crippen molar-refractivity contribution in [2.24, 2.45) is 27.4 Å². The summed E-state index contributed by atoms with van der Waals surface area (Å²) in [5, 5.41) is 21.8. The zero-order valence-corrected chi connectivity index (χ0v) is 16.7. The fraction of sp³-hybridized carbons (Fsp3) is 0.500. The maximum absolute atomic E-state index is 12.8. The summed E-state index contributed by atoms with van der Waals surface area (Å²) >= 11 is 6.06. The number of nitrogens with two attached hydrogens (primary N) is 2. The molecule has 0 saturated carbocycles. The lowest BCUT2D eigenvalue weighted by atomic mass is 9.83. The van der Waals surface area contributed by atoms with Crippen molar-refractivity contribution in [1.29, 1.82) is 0 Å². The lowest BCUT2D eigenvalue weighted by Gasteiger charge is -2.48. The van der Waals surface area contributed by atoms with E-state index >= 15 is 0 Å². The van der Waals surface area contributed by atoms with Gasteiger partial charge in [0, 0.05) is 10.9 Å². The van der Waals surface area contributed by atoms with Gasteiger partial charge in [-0.3, -0.25) is 5.21 Å². The van der Waals surface area contributed by atoms with Gasteiger partial charge in [0.05, 0.1) is 18.7 Å². The van der Waals surface area contributed by atoms with Gasteiger partial charge in [0.1, 0.15) is 18.2 Å². The minimum Gasteiger partial charge on any atom is -0.456 e. The molecule has 1 saturated heterocycles. The van der Waals surface area contributed by atoms with E-state index in [2.05, 4.69) is 9.98 Å². The first-order valence-corrected chi connectivity index (χ1v) is 9.60. The topological polar surface area (TPSA) is 150 Å². The molecule has 156 valence electrons. The van der Waals surface area contributed by atoms with Gasteiger partial charge in [-0.05, 0) is 30.7 Å². The number of esters is 1. The standard InChI is InChI=1S/C18H23ClN6O4/c1-8-3-10(5-11(19)4-8)15(27)29-13-6-24-16(20)22-12(7-26)14-18(24,9(13)2)25(28)17(21)23-14/h3-5,9,12-14,26,28H,6-7H2,1-2H3,(H2,20,22)(H2,21,23). The molecule has 1 fully saturated rings. The van der Waals surface area contributed by atoms with E-state index in [9.17, 15) is 15.1 Å². The molecule has 5 unspecified atom stereocenters. The first-order chi connectivity index (χ1) is 13.7. The molecule has 0 radical (unpaired) electrons. The van der Waals surface area contributed by atoms with Crippen molar-refractivity contribution >= 4 is 29.5 Å². The number of carbonyl (C=O) groups excluding carboxylic acids is 1. The number of carbonyl (C=O) groups is 1. The van der Waals surface area contributed by atoms with Gasteiger partial charge in [0.25, 0.3) is 0 Å². The van der Waals surface area contributed by atoms with Gasteiger partial charge >= 0.3 is 5.97 Å². The number of hydrogen-bond acceptors (Lipinski definition) is 10. The average molecular weight is 423 g/mol. The summed E-state index contributed by atoms with van der Waals surface area (Å²) in [6.07, 6.45) is -0.633. The van der Waals surface area contributed by atoms with Crippen molar-refractivity contribution < 1.29 is 19.8 Å². The normalized spacial score (nSPS) is 33.1. The first-order valence-electron chi connectivity index (χ1n) is 9.22. The molecule has 3 aliphatic rings. The van der Waals surface area contributed by atoms with Crippen LogP contribution in [0.1, 0.15) is 22.8 Å². The van der Waals surface area contributed by atoms with Crippen molar-refractivity contribution in [1.82, 2.24) is 9.96 Å². The number of nitrogens with zero attached hydrogens (tertiary/aromatic N) is 4. The third-order valence-electron chi connectivity index (χ3n) is 5.95. The second kappa shape index (κ2) is 6.75. The minimum absolute atomic E-state index is 0.104. The van der Waals surface area contributed by atoms with E-state index in [1.807, 2.05) is 13.8 Å². The molecule has 0 aromatic heterocycles. The van der Waals surface area contributed by atoms with Gasteiger partial charge in [-0.2, -0.15) is 5.06 Å². The molecule has 3 aliphatic heterocycles. The Balaban J connectivity index is 1.67. The Hall–Kier alpha value is -2.56. The number of aliphatic imine (C=N–C) groups is 2. The van der Waals surface area contributed by atoms with Gasteiger partial charge in [-0.15, -0.1) is 0 Å². The highest BCUT2D eigenvalue weighted by molar-refractivity contribution is 6.31. The number of guanidine groups is 2. The van der Waals surface area contributed by atoms with Crippen LogP contribution < -0.4 is 11.5 Å². The summed E-state index contributed by atoms with van der Waals surface area (Å²) in [4.78, 5) is 23.0. The molecule has 0 bridgehead atoms. The van der Waals surface area contributed by atoms with Crippen molar-refractivity contribution in [2.75, 3.05) is 13.2 Å². The fourth-order valence-corrected chi connectivity index (χ4v) is 4.93. The van der Waals surface area contributed by atoms with Crippen LogP contribution in [0, 0.1) is 12.8 Å². The van der Waals surface area contributed by atoms with Crippen molar-refractivity contribution in [2.45, 2.75) is 37.7 Å². The Morgan fingerprint density at radius 1 is 1.34 bits per heavy atom. The van der Waals surface area contributed by atoms with Crippen LogP contribution in [0.5, 0.6) is 0 Å². The molecule has 5 atom stereocenters. The van der Waals surface area contributed by atoms with E-state index in [-0.39, 0.29) is 25.1 Å². The van der Waals surface area contributed by atoms with E-state index in [1.165, 1.54) is 6.07 Å². The molecule has 1 aromatic carbocycles. The summed E-state index contributed by atoms with van der Waals surface area (Å²) in [6, 6.07) is 3.63. The molecular formula is C18H23ClN6O4. The number of ether oxygens (including phenoxy) is 1. The Kier molecular flexibility index (Phi) is 4.60. The number of benzene rings is 1. The first kappa shape index (κ1) is 19.7. The maximum atomic E-state index is 12.8. The Morgan fingerprint density at radius 2 is 2.07 bits per heavy atom. The Morgan fingerprint density at radius 3 is 2.72 bits per heavy atom. The third-order valence-corrected chi connectivity index (χ3v) is 6.17. The van der Waals surface area contributed by atoms with Crippen LogP contribution in [-0.2, 0) is 4.74 Å². The van der Waals surface area contributed by atoms with Crippen LogP contribution in [0.15, 0.2) is 28.2 Å². The van der Waals surface area contributed by atoms with Crippen LogP contribution >= 0.6 is 11.6 Å². The van der Waals surface area contributed by atoms with Crippen LogP contribution in [-0.4, -0.2) is 75.2 Å². The molecule has 4 rings (SSSR count). The van der Waals surface area contributed by atoms with Crippen LogP contribution in [0.3, 0.4) is 0 Å². The molecule has 3 heterocycles. The minimum atomic E-state index is -1.20. The van der Waals surface area contributed by atoms with Crippen molar-refractivity contribution in [3.8, 4) is 0 Å². The quantitative estimate of drug-likeness (QED) is 0.493. The number of aryl methyl sites for hydroxylation is 1. The molecule has 10 nitrogen and oxygen atoms in total. The average Bonchev–Trinajstić information content (AvgIpc) is 3.10. The summed E-state index contributed by atoms with van der Waals surface area (Å²) in [5.41, 5.74) is 12.0. The van der Waals surface area contributed by atoms with E-state index in [0.717, 1.165) is 10.6 Å². The highest BCUT2D eigenvalue weighted by Crippen LogP contribution is 2.48. The Bertz CT molecular complexity index is 903. The summed E-state index contributed by atoms with van der Waals surface area (Å²) in [5.74, 6) is -0.971. The summed E-state index contributed by atoms with van der Waals surface area (Å²) in [7, 11) is 0. The highest BCUT2D eigenvalue weighted by Gasteiger charge is 2.68. The Labute approximate surface area is 172 Å². The van der Waals surface area contributed by atoms with Crippen LogP contribution in [0.4, 0.5) is 0 Å². The van der Waals surface area contributed by atoms with Gasteiger partial charge < -0.3 is 26.2 Å². The summed E-state index contributed by atoms with van der Waals surface area (Å²) in [6.45, 7) is 3.53. The van der Waals surface area contributed by atoms with Crippen molar-refractivity contribution in [3.63, 3.8) is 0 Å². The summed E-state index contributed by atoms with van der Waals surface area (Å²) < 4.78 is 5.77. The lowest BCUT2D eigenvalue weighted by Crippen LogP contribution is -2.71. The molecule has 6 N–H and O–H groups in total. The number of hydrogen-bond donors (Lipinski definition) is 4. The zero-order chi connectivity index (χ0) is 21.1. The van der Waals surface area contributed by atoms with Gasteiger partial charge in [0.15, 0.2) is 11.6 Å². The number of halogens is 1. The van der Waals surface area contributed by atoms with Crippen LogP contribution in [0.2, 0.25) is 5.02 Å². The molecular weight excluding hydrogens is 400 g/mol. The molecule has 1 spiro atoms. The fourth-order valence-electron chi connectivity index (χ4n) is 4.64. The van der Waals surface area contributed by atoms with Crippen LogP contribution in [0.25, 0.3) is 0 Å². The predicted molar refractivity (Wildman–Crippen MR) is 106 cm³/mol. The predicted octanol–water partition coefficient (Wildman–Crippen LogP) is -0.101. The van der Waals surface area contributed by atoms with E-state index in [4.69, 9.17) is 27.8 Å². The molecule has 0 amide bonds. The van der Waals surface area contributed by atoms with Gasteiger partial charge in [0.2, 0.25) is 5.96 Å². The number of rotatable bonds is 3. The SMILES string of the molecule is Cc1cc(Cl)cc(C(=O)OC2CN3C(N)=NC(CO)C4N=C(N)N(O)C43C2C)c1. The third kappa shape index (κ3) is 2.74. The number of aliphatic hydroxyl groups excluding tert-OH is 1. The van der Waals surface area contributed by atoms with E-state index in [1.54, 1.807) is 17.0 Å². The molecule has 0 aliphatic carbocycles. The van der Waals surface area contributed by atoms with E-state index < -0.39 is 35.7 Å². The molecule has 1 aromatic rings. The number of aliphatic hydroxyl groups is 1. The zero-order valence-electron chi connectivity index (χ0n) is 16.0. The smallest absolute Gasteiger partial charge is 0.338 e. The van der Waals surface area contributed by atoms with E-state index in [0.29, 0.717) is 10.6 Å². The highest BCUT2D eigenvalue weighted by atomic mass is 35.5. The largest absolute Gasteiger partial charge is 0.456 e. The number of hydroxylamine groups is 2.